The topological polar surface area (TPSA) is 61.9 Å². The number of anilines is 1. The first kappa shape index (κ1) is 19.9. The number of nitrogens with one attached hydrogen (secondary N) is 1. The maximum Gasteiger partial charge on any atom is 0.260 e. The zero-order chi connectivity index (χ0) is 19.8. The summed E-state index contributed by atoms with van der Waals surface area (Å²) in [7, 11) is 0. The van der Waals surface area contributed by atoms with E-state index < -0.39 is 0 Å². The molecule has 0 aromatic heterocycles. The molecule has 0 unspecified atom stereocenters. The molecule has 3 rings (SSSR count). The highest BCUT2D eigenvalue weighted by atomic mass is 16.5. The normalized spacial score (nSPS) is 14.5. The molecule has 28 heavy (non-hydrogen) atoms. The molecule has 6 heteroatoms. The van der Waals surface area contributed by atoms with Gasteiger partial charge < -0.3 is 15.0 Å². The van der Waals surface area contributed by atoms with Gasteiger partial charge in [-0.1, -0.05) is 35.9 Å². The number of amides is 2. The van der Waals surface area contributed by atoms with E-state index in [1.54, 1.807) is 0 Å². The lowest BCUT2D eigenvalue weighted by Crippen LogP contribution is -2.50. The van der Waals surface area contributed by atoms with Crippen LogP contribution >= 0.6 is 0 Å². The number of carbonyl (C=O) groups excluding carboxylic acids is 2. The van der Waals surface area contributed by atoms with Gasteiger partial charge in [-0.3, -0.25) is 14.5 Å². The first-order valence-electron chi connectivity index (χ1n) is 9.64. The third kappa shape index (κ3) is 6.09. The molecule has 6 nitrogen and oxygen atoms in total. The molecule has 0 spiro atoms. The van der Waals surface area contributed by atoms with E-state index in [2.05, 4.69) is 10.2 Å². The van der Waals surface area contributed by atoms with E-state index in [0.29, 0.717) is 31.8 Å². The second kappa shape index (κ2) is 9.90. The Bertz CT molecular complexity index is 769. The SMILES string of the molecule is Cc1ccc(OCC(=O)N2CCN(CCC(=O)Nc3ccccc3)CC2)cc1. The van der Waals surface area contributed by atoms with Gasteiger partial charge in [0, 0.05) is 44.8 Å². The molecule has 2 amide bonds. The lowest BCUT2D eigenvalue weighted by molar-refractivity contribution is -0.135. The van der Waals surface area contributed by atoms with Crippen LogP contribution in [0.2, 0.25) is 0 Å². The quantitative estimate of drug-likeness (QED) is 0.801. The van der Waals surface area contributed by atoms with Crippen molar-refractivity contribution in [1.82, 2.24) is 9.80 Å². The molecule has 1 aliphatic rings. The Balaban J connectivity index is 1.34. The minimum Gasteiger partial charge on any atom is -0.484 e. The number of hydrogen-bond donors (Lipinski definition) is 1. The molecule has 0 radical (unpaired) electrons. The van der Waals surface area contributed by atoms with Gasteiger partial charge in [-0.05, 0) is 31.2 Å². The number of nitrogens with zero attached hydrogens (tertiary/aromatic N) is 2. The third-order valence-electron chi connectivity index (χ3n) is 4.82. The van der Waals surface area contributed by atoms with Gasteiger partial charge in [-0.2, -0.15) is 0 Å². The number of para-hydroxylation sites is 1. The van der Waals surface area contributed by atoms with Crippen LogP contribution in [-0.4, -0.2) is 60.9 Å². The van der Waals surface area contributed by atoms with Gasteiger partial charge in [0.1, 0.15) is 5.75 Å². The smallest absolute Gasteiger partial charge is 0.260 e. The highest BCUT2D eigenvalue weighted by molar-refractivity contribution is 5.90. The van der Waals surface area contributed by atoms with Crippen LogP contribution in [0.3, 0.4) is 0 Å². The van der Waals surface area contributed by atoms with Crippen LogP contribution in [0.4, 0.5) is 5.69 Å². The predicted molar refractivity (Wildman–Crippen MR) is 109 cm³/mol. The number of ether oxygens (including phenoxy) is 1. The largest absolute Gasteiger partial charge is 0.484 e. The highest BCUT2D eigenvalue weighted by Gasteiger charge is 2.21. The van der Waals surface area contributed by atoms with Crippen molar-refractivity contribution in [3.63, 3.8) is 0 Å². The fraction of sp³-hybridized carbons (Fsp3) is 0.364. The summed E-state index contributed by atoms with van der Waals surface area (Å²) in [6.07, 6.45) is 0.444. The first-order chi connectivity index (χ1) is 13.6. The average molecular weight is 381 g/mol. The Labute approximate surface area is 166 Å². The van der Waals surface area contributed by atoms with Gasteiger partial charge in [-0.15, -0.1) is 0 Å². The summed E-state index contributed by atoms with van der Waals surface area (Å²) in [5.41, 5.74) is 1.98. The molecule has 1 fully saturated rings. The molecule has 1 aliphatic heterocycles. The van der Waals surface area contributed by atoms with Crippen molar-refractivity contribution < 1.29 is 14.3 Å². The van der Waals surface area contributed by atoms with Gasteiger partial charge in [0.2, 0.25) is 5.91 Å². The first-order valence-corrected chi connectivity index (χ1v) is 9.64. The van der Waals surface area contributed by atoms with E-state index in [9.17, 15) is 9.59 Å². The van der Waals surface area contributed by atoms with Crippen LogP contribution in [-0.2, 0) is 9.59 Å². The zero-order valence-electron chi connectivity index (χ0n) is 16.3. The summed E-state index contributed by atoms with van der Waals surface area (Å²) in [6, 6.07) is 17.1. The van der Waals surface area contributed by atoms with Crippen molar-refractivity contribution in [3.8, 4) is 5.75 Å². The number of piperazine rings is 1. The number of benzene rings is 2. The average Bonchev–Trinajstić information content (AvgIpc) is 2.73. The summed E-state index contributed by atoms with van der Waals surface area (Å²) in [5.74, 6) is 0.722. The number of aryl methyl sites for hydroxylation is 1. The Morgan fingerprint density at radius 2 is 1.64 bits per heavy atom. The van der Waals surface area contributed by atoms with Crippen LogP contribution in [0.5, 0.6) is 5.75 Å². The van der Waals surface area contributed by atoms with Gasteiger partial charge in [0.05, 0.1) is 0 Å². The molecule has 0 saturated carbocycles. The second-order valence-corrected chi connectivity index (χ2v) is 6.99. The van der Waals surface area contributed by atoms with Gasteiger partial charge >= 0.3 is 0 Å². The lowest BCUT2D eigenvalue weighted by atomic mass is 10.2. The molecular weight excluding hydrogens is 354 g/mol. The maximum atomic E-state index is 12.3. The standard InChI is InChI=1S/C22H27N3O3/c1-18-7-9-20(10-8-18)28-17-22(27)25-15-13-24(14-16-25)12-11-21(26)23-19-5-3-2-4-6-19/h2-10H,11-17H2,1H3,(H,23,26). The Morgan fingerprint density at radius 1 is 0.964 bits per heavy atom. The summed E-state index contributed by atoms with van der Waals surface area (Å²) in [4.78, 5) is 28.4. The molecule has 2 aromatic rings. The molecular formula is C22H27N3O3. The minimum absolute atomic E-state index is 0.00189. The summed E-state index contributed by atoms with van der Waals surface area (Å²) < 4.78 is 5.58. The van der Waals surface area contributed by atoms with E-state index in [0.717, 1.165) is 24.3 Å². The fourth-order valence-corrected chi connectivity index (χ4v) is 3.10. The minimum atomic E-state index is 0.00189. The molecule has 1 saturated heterocycles. The van der Waals surface area contributed by atoms with Crippen molar-refractivity contribution in [2.24, 2.45) is 0 Å². The molecule has 2 aromatic carbocycles. The monoisotopic (exact) mass is 381 g/mol. The van der Waals surface area contributed by atoms with E-state index >= 15 is 0 Å². The number of hydrogen-bond acceptors (Lipinski definition) is 4. The van der Waals surface area contributed by atoms with Crippen LogP contribution in [0.15, 0.2) is 54.6 Å². The van der Waals surface area contributed by atoms with E-state index in [4.69, 9.17) is 4.74 Å². The van der Waals surface area contributed by atoms with Gasteiger partial charge in [-0.25, -0.2) is 0 Å². The molecule has 1 heterocycles. The molecule has 1 N–H and O–H groups in total. The molecule has 148 valence electrons. The van der Waals surface area contributed by atoms with Crippen LogP contribution in [0, 0.1) is 6.92 Å². The van der Waals surface area contributed by atoms with E-state index in [-0.39, 0.29) is 18.4 Å². The van der Waals surface area contributed by atoms with Gasteiger partial charge in [0.25, 0.3) is 5.91 Å². The molecule has 0 aliphatic carbocycles. The van der Waals surface area contributed by atoms with E-state index in [1.807, 2.05) is 66.4 Å². The van der Waals surface area contributed by atoms with Crippen molar-refractivity contribution >= 4 is 17.5 Å². The van der Waals surface area contributed by atoms with Gasteiger partial charge in [0.15, 0.2) is 6.61 Å². The predicted octanol–water partition coefficient (Wildman–Crippen LogP) is 2.55. The van der Waals surface area contributed by atoms with E-state index in [1.165, 1.54) is 0 Å². The van der Waals surface area contributed by atoms with Crippen molar-refractivity contribution in [1.29, 1.82) is 0 Å². The second-order valence-electron chi connectivity index (χ2n) is 6.99. The maximum absolute atomic E-state index is 12.3. The lowest BCUT2D eigenvalue weighted by Gasteiger charge is -2.34. The number of rotatable bonds is 7. The fourth-order valence-electron chi connectivity index (χ4n) is 3.10. The zero-order valence-corrected chi connectivity index (χ0v) is 16.3. The Hall–Kier alpha value is -2.86. The Kier molecular flexibility index (Phi) is 7.03. The third-order valence-corrected chi connectivity index (χ3v) is 4.82. The highest BCUT2D eigenvalue weighted by Crippen LogP contribution is 2.12. The van der Waals surface area contributed by atoms with Crippen LogP contribution < -0.4 is 10.1 Å². The van der Waals surface area contributed by atoms with Crippen molar-refractivity contribution in [3.05, 3.63) is 60.2 Å². The summed E-state index contributed by atoms with van der Waals surface area (Å²) in [5, 5.41) is 2.90. The van der Waals surface area contributed by atoms with Crippen molar-refractivity contribution in [2.75, 3.05) is 44.6 Å². The number of carbonyl (C=O) groups is 2. The summed E-state index contributed by atoms with van der Waals surface area (Å²) >= 11 is 0. The summed E-state index contributed by atoms with van der Waals surface area (Å²) in [6.45, 7) is 5.64. The van der Waals surface area contributed by atoms with Crippen LogP contribution in [0.1, 0.15) is 12.0 Å². The molecule has 0 atom stereocenters. The van der Waals surface area contributed by atoms with Crippen molar-refractivity contribution in [2.45, 2.75) is 13.3 Å². The molecule has 0 bridgehead atoms. The van der Waals surface area contributed by atoms with Crippen LogP contribution in [0.25, 0.3) is 0 Å². The Morgan fingerprint density at radius 3 is 2.32 bits per heavy atom.